The highest BCUT2D eigenvalue weighted by Crippen LogP contribution is 2.28. The Balaban J connectivity index is 1.78. The Bertz CT molecular complexity index is 1420. The van der Waals surface area contributed by atoms with E-state index in [1.165, 1.54) is 0 Å². The van der Waals surface area contributed by atoms with Gasteiger partial charge in [-0.15, -0.1) is 0 Å². The summed E-state index contributed by atoms with van der Waals surface area (Å²) >= 11 is 2.25. The second-order valence-corrected chi connectivity index (χ2v) is 9.14. The van der Waals surface area contributed by atoms with E-state index in [4.69, 9.17) is 10.00 Å². The highest BCUT2D eigenvalue weighted by molar-refractivity contribution is 14.1. The molecule has 33 heavy (non-hydrogen) atoms. The quantitative estimate of drug-likeness (QED) is 0.252. The van der Waals surface area contributed by atoms with Gasteiger partial charge in [0, 0.05) is 34.1 Å². The van der Waals surface area contributed by atoms with E-state index in [0.29, 0.717) is 23.3 Å². The van der Waals surface area contributed by atoms with E-state index in [0.717, 1.165) is 38.0 Å². The van der Waals surface area contributed by atoms with Gasteiger partial charge in [-0.25, -0.2) is 0 Å². The number of halogens is 1. The fourth-order valence-corrected chi connectivity index (χ4v) is 4.34. The molecule has 0 saturated carbocycles. The van der Waals surface area contributed by atoms with Crippen LogP contribution < -0.4 is 10.2 Å². The fraction of sp³-hybridized carbons (Fsp3) is 0.143. The summed E-state index contributed by atoms with van der Waals surface area (Å²) in [5, 5.41) is 9.15. The van der Waals surface area contributed by atoms with Gasteiger partial charge in [0.25, 0.3) is 0 Å². The number of nitrogens with zero attached hydrogens (tertiary/aromatic N) is 2. The summed E-state index contributed by atoms with van der Waals surface area (Å²) in [5.74, 6) is 1.42. The molecule has 1 heterocycles. The highest BCUT2D eigenvalue weighted by Gasteiger charge is 2.13. The monoisotopic (exact) mass is 546 g/mol. The maximum absolute atomic E-state index is 13.6. The van der Waals surface area contributed by atoms with Crippen molar-refractivity contribution in [2.24, 2.45) is 7.05 Å². The van der Waals surface area contributed by atoms with E-state index in [1.807, 2.05) is 90.7 Å². The molecule has 4 aromatic rings. The van der Waals surface area contributed by atoms with Crippen LogP contribution in [0.5, 0.6) is 11.5 Å². The van der Waals surface area contributed by atoms with Crippen LogP contribution in [0.25, 0.3) is 22.3 Å². The number of aromatic nitrogens is 1. The molecule has 0 bridgehead atoms. The Kier molecular flexibility index (Phi) is 6.95. The third-order valence-corrected chi connectivity index (χ3v) is 6.06. The second-order valence-electron chi connectivity index (χ2n) is 7.89. The van der Waals surface area contributed by atoms with Gasteiger partial charge < -0.3 is 9.30 Å². The molecule has 0 unspecified atom stereocenters. The molecule has 3 aromatic carbocycles. The summed E-state index contributed by atoms with van der Waals surface area (Å²) in [5.41, 5.74) is 4.85. The van der Waals surface area contributed by atoms with Gasteiger partial charge in [0.15, 0.2) is 5.43 Å². The molecule has 4 nitrogen and oxygen atoms in total. The van der Waals surface area contributed by atoms with Gasteiger partial charge in [-0.05, 0) is 87.7 Å². The summed E-state index contributed by atoms with van der Waals surface area (Å²) < 4.78 is 9.03. The second kappa shape index (κ2) is 10.1. The topological polar surface area (TPSA) is 55.0 Å². The standard InChI is InChI=1S/C28H23IN2O2/c1-3-19-12-20(10-11-30)14-22(13-19)27-18-31(2)17-26(28(27)32)21-6-4-8-24(15-21)33-25-9-5-7-23(29)16-25/h4-9,12-18H,3,10H2,1-2H3. The molecule has 0 aliphatic heterocycles. The van der Waals surface area contributed by atoms with Crippen LogP contribution in [-0.2, 0) is 19.9 Å². The molecule has 5 heteroatoms. The van der Waals surface area contributed by atoms with Crippen LogP contribution in [0, 0.1) is 14.9 Å². The first-order chi connectivity index (χ1) is 16.0. The minimum absolute atomic E-state index is 0.0457. The van der Waals surface area contributed by atoms with Crippen molar-refractivity contribution in [3.63, 3.8) is 0 Å². The van der Waals surface area contributed by atoms with Gasteiger partial charge in [-0.1, -0.05) is 37.3 Å². The molecule has 0 N–H and O–H groups in total. The van der Waals surface area contributed by atoms with E-state index < -0.39 is 0 Å². The van der Waals surface area contributed by atoms with Gasteiger partial charge in [0.05, 0.1) is 12.5 Å². The average Bonchev–Trinajstić information content (AvgIpc) is 2.80. The number of hydrogen-bond donors (Lipinski definition) is 0. The number of hydrogen-bond acceptors (Lipinski definition) is 3. The molecule has 0 radical (unpaired) electrons. The SMILES string of the molecule is CCc1cc(CC#N)cc(-c2cn(C)cc(-c3cccc(Oc4cccc(I)c4)c3)c2=O)c1. The molecular formula is C28H23IN2O2. The Hall–Kier alpha value is -3.37. The zero-order valence-electron chi connectivity index (χ0n) is 18.5. The Morgan fingerprint density at radius 1 is 0.909 bits per heavy atom. The normalized spacial score (nSPS) is 10.6. The summed E-state index contributed by atoms with van der Waals surface area (Å²) in [6.07, 6.45) is 4.85. The van der Waals surface area contributed by atoms with Crippen LogP contribution in [0.3, 0.4) is 0 Å². The van der Waals surface area contributed by atoms with E-state index in [-0.39, 0.29) is 5.43 Å². The van der Waals surface area contributed by atoms with Crippen LogP contribution in [0.15, 0.2) is 83.9 Å². The van der Waals surface area contributed by atoms with Crippen LogP contribution in [0.2, 0.25) is 0 Å². The number of ether oxygens (including phenoxy) is 1. The molecule has 164 valence electrons. The van der Waals surface area contributed by atoms with Crippen molar-refractivity contribution in [3.05, 3.63) is 104 Å². The van der Waals surface area contributed by atoms with Crippen LogP contribution >= 0.6 is 22.6 Å². The Morgan fingerprint density at radius 3 is 2.27 bits per heavy atom. The number of benzene rings is 3. The third kappa shape index (κ3) is 5.35. The minimum atomic E-state index is -0.0457. The van der Waals surface area contributed by atoms with Crippen molar-refractivity contribution in [1.82, 2.24) is 4.57 Å². The summed E-state index contributed by atoms with van der Waals surface area (Å²) in [4.78, 5) is 13.6. The molecule has 4 rings (SSSR count). The van der Waals surface area contributed by atoms with Gasteiger partial charge in [-0.2, -0.15) is 5.26 Å². The first kappa shape index (κ1) is 22.8. The lowest BCUT2D eigenvalue weighted by Crippen LogP contribution is -2.12. The summed E-state index contributed by atoms with van der Waals surface area (Å²) in [6, 6.07) is 23.7. The van der Waals surface area contributed by atoms with Gasteiger partial charge in [-0.3, -0.25) is 4.79 Å². The lowest BCUT2D eigenvalue weighted by Gasteiger charge is -2.12. The van der Waals surface area contributed by atoms with E-state index in [1.54, 1.807) is 0 Å². The van der Waals surface area contributed by atoms with E-state index in [2.05, 4.69) is 35.6 Å². The number of nitriles is 1. The van der Waals surface area contributed by atoms with Crippen LogP contribution in [0.1, 0.15) is 18.1 Å². The van der Waals surface area contributed by atoms with Crippen LogP contribution in [0.4, 0.5) is 0 Å². The molecule has 0 atom stereocenters. The number of rotatable bonds is 6. The first-order valence-electron chi connectivity index (χ1n) is 10.7. The summed E-state index contributed by atoms with van der Waals surface area (Å²) in [7, 11) is 1.92. The predicted molar refractivity (Wildman–Crippen MR) is 140 cm³/mol. The molecular weight excluding hydrogens is 523 g/mol. The van der Waals surface area contributed by atoms with Gasteiger partial charge in [0.1, 0.15) is 11.5 Å². The zero-order valence-corrected chi connectivity index (χ0v) is 20.7. The number of aryl methyl sites for hydroxylation is 2. The molecule has 1 aromatic heterocycles. The first-order valence-corrected chi connectivity index (χ1v) is 11.8. The van der Waals surface area contributed by atoms with Crippen molar-refractivity contribution >= 4 is 22.6 Å². The van der Waals surface area contributed by atoms with E-state index >= 15 is 0 Å². The molecule has 0 amide bonds. The summed E-state index contributed by atoms with van der Waals surface area (Å²) in [6.45, 7) is 2.07. The Labute approximate surface area is 207 Å². The zero-order chi connectivity index (χ0) is 23.4. The Morgan fingerprint density at radius 2 is 1.58 bits per heavy atom. The predicted octanol–water partition coefficient (Wildman–Crippen LogP) is 6.74. The average molecular weight is 546 g/mol. The van der Waals surface area contributed by atoms with Crippen molar-refractivity contribution in [2.75, 3.05) is 0 Å². The van der Waals surface area contributed by atoms with Crippen molar-refractivity contribution < 1.29 is 4.74 Å². The molecule has 0 aliphatic carbocycles. The highest BCUT2D eigenvalue weighted by atomic mass is 127. The smallest absolute Gasteiger partial charge is 0.197 e. The van der Waals surface area contributed by atoms with Crippen molar-refractivity contribution in [1.29, 1.82) is 5.26 Å². The van der Waals surface area contributed by atoms with Crippen molar-refractivity contribution in [2.45, 2.75) is 19.8 Å². The van der Waals surface area contributed by atoms with Crippen LogP contribution in [-0.4, -0.2) is 4.57 Å². The number of pyridine rings is 1. The fourth-order valence-electron chi connectivity index (χ4n) is 3.83. The largest absolute Gasteiger partial charge is 0.457 e. The van der Waals surface area contributed by atoms with Gasteiger partial charge in [0.2, 0.25) is 0 Å². The van der Waals surface area contributed by atoms with E-state index in [9.17, 15) is 4.79 Å². The van der Waals surface area contributed by atoms with Crippen molar-refractivity contribution in [3.8, 4) is 39.8 Å². The lowest BCUT2D eigenvalue weighted by molar-refractivity contribution is 0.482. The molecule has 0 spiro atoms. The maximum Gasteiger partial charge on any atom is 0.197 e. The van der Waals surface area contributed by atoms with Gasteiger partial charge >= 0.3 is 0 Å². The molecule has 0 saturated heterocycles. The lowest BCUT2D eigenvalue weighted by atomic mass is 9.96. The molecule has 0 fully saturated rings. The minimum Gasteiger partial charge on any atom is -0.457 e. The third-order valence-electron chi connectivity index (χ3n) is 5.39. The maximum atomic E-state index is 13.6. The molecule has 0 aliphatic rings.